The second kappa shape index (κ2) is 9.97. The van der Waals surface area contributed by atoms with Crippen LogP contribution >= 0.6 is 11.6 Å². The molecule has 1 unspecified atom stereocenters. The number of carbonyl (C=O) groups is 2. The van der Waals surface area contributed by atoms with E-state index in [9.17, 15) is 14.4 Å². The number of esters is 1. The van der Waals surface area contributed by atoms with Crippen molar-refractivity contribution in [1.82, 2.24) is 9.55 Å². The molecule has 8 heteroatoms. The van der Waals surface area contributed by atoms with Gasteiger partial charge in [0.05, 0.1) is 28.8 Å². The molecule has 2 aromatic carbocycles. The molecule has 178 valence electrons. The topological polar surface area (TPSA) is 81.5 Å². The minimum absolute atomic E-state index is 0.0658. The summed E-state index contributed by atoms with van der Waals surface area (Å²) >= 11 is 6.06. The van der Waals surface area contributed by atoms with Crippen LogP contribution in [0.2, 0.25) is 5.02 Å². The highest BCUT2D eigenvalue weighted by Crippen LogP contribution is 2.30. The van der Waals surface area contributed by atoms with Gasteiger partial charge in [0, 0.05) is 17.8 Å². The SMILES string of the molecule is CCCCCCC(C(=O)OCC)N(C)c1ccc2c(=O)n3c(nc2c1)C(=O)c1cc(Cl)ccc1-3. The maximum absolute atomic E-state index is 13.3. The Labute approximate surface area is 203 Å². The van der Waals surface area contributed by atoms with Gasteiger partial charge in [0.25, 0.3) is 5.56 Å². The van der Waals surface area contributed by atoms with Crippen molar-refractivity contribution in [2.24, 2.45) is 0 Å². The number of carbonyl (C=O) groups excluding carboxylic acids is 2. The summed E-state index contributed by atoms with van der Waals surface area (Å²) in [6.07, 6.45) is 4.87. The number of nitrogens with zero attached hydrogens (tertiary/aromatic N) is 3. The number of benzene rings is 2. The number of ether oxygens (including phenoxy) is 1. The van der Waals surface area contributed by atoms with Crippen LogP contribution in [-0.2, 0) is 9.53 Å². The number of fused-ring (bicyclic) bond motifs is 4. The molecule has 4 rings (SSSR count). The van der Waals surface area contributed by atoms with Crippen molar-refractivity contribution in [2.75, 3.05) is 18.6 Å². The molecule has 1 aromatic heterocycles. The smallest absolute Gasteiger partial charge is 0.328 e. The fourth-order valence-electron chi connectivity index (χ4n) is 4.43. The van der Waals surface area contributed by atoms with Crippen molar-refractivity contribution in [3.8, 4) is 5.69 Å². The summed E-state index contributed by atoms with van der Waals surface area (Å²) in [6.45, 7) is 4.25. The fraction of sp³-hybridized carbons (Fsp3) is 0.385. The zero-order chi connectivity index (χ0) is 24.4. The Morgan fingerprint density at radius 2 is 1.91 bits per heavy atom. The molecule has 0 radical (unpaired) electrons. The van der Waals surface area contributed by atoms with Gasteiger partial charge in [-0.2, -0.15) is 0 Å². The maximum Gasteiger partial charge on any atom is 0.328 e. The largest absolute Gasteiger partial charge is 0.464 e. The second-order valence-corrected chi connectivity index (χ2v) is 8.93. The number of hydrogen-bond acceptors (Lipinski definition) is 6. The Morgan fingerprint density at radius 1 is 1.12 bits per heavy atom. The minimum Gasteiger partial charge on any atom is -0.464 e. The summed E-state index contributed by atoms with van der Waals surface area (Å²) < 4.78 is 6.67. The summed E-state index contributed by atoms with van der Waals surface area (Å²) in [7, 11) is 1.84. The molecule has 3 aromatic rings. The van der Waals surface area contributed by atoms with Gasteiger partial charge in [-0.3, -0.25) is 14.2 Å². The average molecular weight is 482 g/mol. The molecule has 0 aliphatic carbocycles. The molecule has 0 spiro atoms. The highest BCUT2D eigenvalue weighted by Gasteiger charge is 2.31. The maximum atomic E-state index is 13.3. The Balaban J connectivity index is 1.71. The Hall–Kier alpha value is -3.19. The molecule has 0 saturated heterocycles. The van der Waals surface area contributed by atoms with Crippen LogP contribution in [0.25, 0.3) is 16.6 Å². The van der Waals surface area contributed by atoms with E-state index >= 15 is 0 Å². The number of likely N-dealkylation sites (N-methyl/N-ethyl adjacent to an activating group) is 1. The van der Waals surface area contributed by atoms with Crippen LogP contribution in [-0.4, -0.2) is 41.0 Å². The number of unbranched alkanes of at least 4 members (excludes halogenated alkanes) is 3. The zero-order valence-electron chi connectivity index (χ0n) is 19.6. The lowest BCUT2D eigenvalue weighted by Gasteiger charge is -2.28. The van der Waals surface area contributed by atoms with Crippen LogP contribution in [0.5, 0.6) is 0 Å². The van der Waals surface area contributed by atoms with Crippen molar-refractivity contribution in [2.45, 2.75) is 52.0 Å². The highest BCUT2D eigenvalue weighted by atomic mass is 35.5. The van der Waals surface area contributed by atoms with Crippen LogP contribution in [0.15, 0.2) is 41.2 Å². The third kappa shape index (κ3) is 4.32. The van der Waals surface area contributed by atoms with Crippen LogP contribution in [0.4, 0.5) is 5.69 Å². The first-order chi connectivity index (χ1) is 16.4. The van der Waals surface area contributed by atoms with E-state index in [2.05, 4.69) is 11.9 Å². The number of aromatic nitrogens is 2. The summed E-state index contributed by atoms with van der Waals surface area (Å²) in [4.78, 5) is 45.3. The Kier molecular flexibility index (Phi) is 7.03. The number of halogens is 1. The van der Waals surface area contributed by atoms with Gasteiger partial charge in [-0.1, -0.05) is 44.2 Å². The third-order valence-corrected chi connectivity index (χ3v) is 6.50. The van der Waals surface area contributed by atoms with Gasteiger partial charge in [-0.15, -0.1) is 0 Å². The molecule has 0 N–H and O–H groups in total. The number of rotatable bonds is 9. The lowest BCUT2D eigenvalue weighted by Crippen LogP contribution is -2.40. The van der Waals surface area contributed by atoms with E-state index in [-0.39, 0.29) is 23.1 Å². The van der Waals surface area contributed by atoms with E-state index < -0.39 is 6.04 Å². The van der Waals surface area contributed by atoms with E-state index in [1.165, 1.54) is 4.57 Å². The average Bonchev–Trinajstić information content (AvgIpc) is 3.10. The van der Waals surface area contributed by atoms with Crippen LogP contribution in [0.3, 0.4) is 0 Å². The second-order valence-electron chi connectivity index (χ2n) is 8.50. The van der Waals surface area contributed by atoms with E-state index in [4.69, 9.17) is 16.3 Å². The van der Waals surface area contributed by atoms with Crippen LogP contribution in [0.1, 0.15) is 62.1 Å². The summed E-state index contributed by atoms with van der Waals surface area (Å²) in [5.74, 6) is -0.544. The van der Waals surface area contributed by atoms with Crippen molar-refractivity contribution in [1.29, 1.82) is 0 Å². The molecular formula is C26H28ClN3O4. The van der Waals surface area contributed by atoms with Gasteiger partial charge in [0.15, 0.2) is 5.82 Å². The van der Waals surface area contributed by atoms with Gasteiger partial charge in [-0.25, -0.2) is 9.78 Å². The molecule has 0 bridgehead atoms. The molecule has 7 nitrogen and oxygen atoms in total. The van der Waals surface area contributed by atoms with Crippen molar-refractivity contribution in [3.63, 3.8) is 0 Å². The number of ketones is 1. The van der Waals surface area contributed by atoms with Gasteiger partial charge in [0.1, 0.15) is 6.04 Å². The van der Waals surface area contributed by atoms with Crippen molar-refractivity contribution in [3.05, 3.63) is 63.2 Å². The van der Waals surface area contributed by atoms with Gasteiger partial charge < -0.3 is 9.64 Å². The van der Waals surface area contributed by atoms with Crippen LogP contribution in [0, 0.1) is 0 Å². The van der Waals surface area contributed by atoms with Gasteiger partial charge in [-0.05, 0) is 49.7 Å². The first-order valence-corrected chi connectivity index (χ1v) is 12.1. The molecule has 1 aliphatic rings. The van der Waals surface area contributed by atoms with Crippen LogP contribution < -0.4 is 10.5 Å². The molecule has 0 saturated carbocycles. The van der Waals surface area contributed by atoms with E-state index in [0.717, 1.165) is 31.4 Å². The Morgan fingerprint density at radius 3 is 2.65 bits per heavy atom. The molecule has 34 heavy (non-hydrogen) atoms. The quantitative estimate of drug-likeness (QED) is 0.249. The first kappa shape index (κ1) is 24.0. The molecule has 0 fully saturated rings. The predicted molar refractivity (Wildman–Crippen MR) is 133 cm³/mol. The van der Waals surface area contributed by atoms with E-state index in [0.29, 0.717) is 40.2 Å². The summed E-state index contributed by atoms with van der Waals surface area (Å²) in [5, 5.41) is 0.817. The number of anilines is 1. The third-order valence-electron chi connectivity index (χ3n) is 6.26. The lowest BCUT2D eigenvalue weighted by molar-refractivity contribution is -0.144. The molecule has 2 heterocycles. The monoisotopic (exact) mass is 481 g/mol. The summed E-state index contributed by atoms with van der Waals surface area (Å²) in [5.41, 5.74) is 1.66. The Bertz CT molecular complexity index is 1320. The van der Waals surface area contributed by atoms with Gasteiger partial charge in [0.2, 0.25) is 5.78 Å². The fourth-order valence-corrected chi connectivity index (χ4v) is 4.60. The minimum atomic E-state index is -0.446. The first-order valence-electron chi connectivity index (χ1n) is 11.7. The standard InChI is InChI=1S/C26H28ClN3O4/c1-4-6-7-8-9-22(26(33)34-5-2)29(3)17-11-12-18-20(15-17)28-24-23(31)19-14-16(27)10-13-21(19)30(24)25(18)32/h10-15,22H,4-9H2,1-3H3. The normalized spacial score (nSPS) is 13.0. The van der Waals surface area contributed by atoms with Crippen molar-refractivity contribution < 1.29 is 14.3 Å². The molecular weight excluding hydrogens is 454 g/mol. The lowest BCUT2D eigenvalue weighted by atomic mass is 10.1. The van der Waals surface area contributed by atoms with E-state index in [1.54, 1.807) is 43.3 Å². The van der Waals surface area contributed by atoms with Crippen molar-refractivity contribution >= 4 is 39.9 Å². The molecule has 1 aliphatic heterocycles. The number of hydrogen-bond donors (Lipinski definition) is 0. The molecule has 0 amide bonds. The zero-order valence-corrected chi connectivity index (χ0v) is 20.4. The van der Waals surface area contributed by atoms with E-state index in [1.807, 2.05) is 11.9 Å². The summed E-state index contributed by atoms with van der Waals surface area (Å²) in [6, 6.07) is 9.66. The van der Waals surface area contributed by atoms with Gasteiger partial charge >= 0.3 is 5.97 Å². The molecule has 1 atom stereocenters. The highest BCUT2D eigenvalue weighted by molar-refractivity contribution is 6.31. The predicted octanol–water partition coefficient (Wildman–Crippen LogP) is 4.92.